The van der Waals surface area contributed by atoms with Gasteiger partial charge in [0, 0.05) is 41.1 Å². The largest absolute Gasteiger partial charge is 0.351 e. The normalized spacial score (nSPS) is 11.1. The lowest BCUT2D eigenvalue weighted by Gasteiger charge is -2.10. The molecule has 0 fully saturated rings. The number of benzene rings is 2. The van der Waals surface area contributed by atoms with Crippen LogP contribution in [0.1, 0.15) is 10.4 Å². The minimum atomic E-state index is -0.0839. The van der Waals surface area contributed by atoms with Crippen molar-refractivity contribution in [2.45, 2.75) is 0 Å². The number of rotatable bonds is 7. The summed E-state index contributed by atoms with van der Waals surface area (Å²) < 4.78 is 1.72. The van der Waals surface area contributed by atoms with E-state index in [1.54, 1.807) is 10.7 Å². The molecule has 8 heteroatoms. The SMILES string of the molecule is CN(C)CCNC(=O)c1ccc(-c2cnn3ccc(Nc4cccc(Cl)c4)nc23)cc1. The van der Waals surface area contributed by atoms with Gasteiger partial charge >= 0.3 is 0 Å². The first-order valence-electron chi connectivity index (χ1n) is 9.90. The van der Waals surface area contributed by atoms with E-state index in [2.05, 4.69) is 15.7 Å². The van der Waals surface area contributed by atoms with E-state index < -0.39 is 0 Å². The van der Waals surface area contributed by atoms with Gasteiger partial charge in [0.15, 0.2) is 5.65 Å². The molecule has 2 aromatic heterocycles. The zero-order chi connectivity index (χ0) is 21.8. The van der Waals surface area contributed by atoms with Crippen LogP contribution < -0.4 is 10.6 Å². The summed E-state index contributed by atoms with van der Waals surface area (Å²) in [7, 11) is 3.95. The molecule has 4 aromatic rings. The summed E-state index contributed by atoms with van der Waals surface area (Å²) in [6.45, 7) is 1.40. The zero-order valence-corrected chi connectivity index (χ0v) is 18.1. The predicted octanol–water partition coefficient (Wildman–Crippen LogP) is 4.08. The van der Waals surface area contributed by atoms with Crippen LogP contribution in [0.5, 0.6) is 0 Å². The van der Waals surface area contributed by atoms with Crippen molar-refractivity contribution in [3.63, 3.8) is 0 Å². The zero-order valence-electron chi connectivity index (χ0n) is 17.3. The molecule has 0 spiro atoms. The number of likely N-dealkylation sites (N-methyl/N-ethyl adjacent to an activating group) is 1. The third-order valence-electron chi connectivity index (χ3n) is 4.77. The lowest BCUT2D eigenvalue weighted by Crippen LogP contribution is -2.31. The van der Waals surface area contributed by atoms with Gasteiger partial charge in [-0.15, -0.1) is 0 Å². The van der Waals surface area contributed by atoms with Crippen LogP contribution in [-0.2, 0) is 0 Å². The van der Waals surface area contributed by atoms with Gasteiger partial charge < -0.3 is 15.5 Å². The fraction of sp³-hybridized carbons (Fsp3) is 0.174. The van der Waals surface area contributed by atoms with Crippen molar-refractivity contribution in [1.82, 2.24) is 24.8 Å². The van der Waals surface area contributed by atoms with Crippen LogP contribution >= 0.6 is 11.6 Å². The van der Waals surface area contributed by atoms with Gasteiger partial charge in [-0.3, -0.25) is 4.79 Å². The molecular weight excluding hydrogens is 412 g/mol. The van der Waals surface area contributed by atoms with E-state index in [1.807, 2.05) is 79.8 Å². The second-order valence-corrected chi connectivity index (χ2v) is 7.85. The molecule has 4 rings (SSSR count). The van der Waals surface area contributed by atoms with Gasteiger partial charge in [-0.05, 0) is 56.1 Å². The molecule has 0 radical (unpaired) electrons. The molecular formula is C23H23ClN6O. The third-order valence-corrected chi connectivity index (χ3v) is 5.00. The van der Waals surface area contributed by atoms with Gasteiger partial charge in [0.1, 0.15) is 5.82 Å². The lowest BCUT2D eigenvalue weighted by atomic mass is 10.1. The average molecular weight is 435 g/mol. The minimum absolute atomic E-state index is 0.0839. The molecule has 0 atom stereocenters. The van der Waals surface area contributed by atoms with Gasteiger partial charge in [-0.2, -0.15) is 5.10 Å². The number of halogens is 1. The summed E-state index contributed by atoms with van der Waals surface area (Å²) in [6.07, 6.45) is 3.63. The van der Waals surface area contributed by atoms with Crippen LogP contribution in [0.25, 0.3) is 16.8 Å². The Morgan fingerprint density at radius 1 is 1.13 bits per heavy atom. The van der Waals surface area contributed by atoms with Crippen LogP contribution in [0.15, 0.2) is 67.0 Å². The highest BCUT2D eigenvalue weighted by molar-refractivity contribution is 6.30. The van der Waals surface area contributed by atoms with Crippen molar-refractivity contribution in [1.29, 1.82) is 0 Å². The number of carbonyl (C=O) groups is 1. The Kier molecular flexibility index (Phi) is 6.16. The van der Waals surface area contributed by atoms with E-state index in [4.69, 9.17) is 16.6 Å². The van der Waals surface area contributed by atoms with E-state index in [0.29, 0.717) is 22.9 Å². The summed E-state index contributed by atoms with van der Waals surface area (Å²) in [4.78, 5) is 19.0. The van der Waals surface area contributed by atoms with Crippen LogP contribution in [0.2, 0.25) is 5.02 Å². The molecule has 0 bridgehead atoms. The van der Waals surface area contributed by atoms with Crippen LogP contribution in [0.4, 0.5) is 11.5 Å². The van der Waals surface area contributed by atoms with E-state index in [-0.39, 0.29) is 5.91 Å². The second kappa shape index (κ2) is 9.16. The Balaban J connectivity index is 1.54. The topological polar surface area (TPSA) is 74.6 Å². The molecule has 0 unspecified atom stereocenters. The summed E-state index contributed by atoms with van der Waals surface area (Å²) >= 11 is 6.07. The number of hydrogen-bond acceptors (Lipinski definition) is 5. The Morgan fingerprint density at radius 2 is 1.94 bits per heavy atom. The molecule has 0 saturated carbocycles. The average Bonchev–Trinajstić information content (AvgIpc) is 3.17. The fourth-order valence-electron chi connectivity index (χ4n) is 3.15. The number of amides is 1. The molecule has 2 N–H and O–H groups in total. The quantitative estimate of drug-likeness (QED) is 0.458. The number of nitrogens with one attached hydrogen (secondary N) is 2. The van der Waals surface area contributed by atoms with E-state index >= 15 is 0 Å². The van der Waals surface area contributed by atoms with Crippen molar-refractivity contribution >= 4 is 34.7 Å². The predicted molar refractivity (Wildman–Crippen MR) is 124 cm³/mol. The first kappa shape index (κ1) is 20.8. The number of nitrogens with zero attached hydrogens (tertiary/aromatic N) is 4. The maximum Gasteiger partial charge on any atom is 0.251 e. The van der Waals surface area contributed by atoms with Crippen molar-refractivity contribution in [3.8, 4) is 11.1 Å². The van der Waals surface area contributed by atoms with Gasteiger partial charge in [-0.25, -0.2) is 9.50 Å². The van der Waals surface area contributed by atoms with E-state index in [1.165, 1.54) is 0 Å². The summed E-state index contributed by atoms with van der Waals surface area (Å²) in [5.41, 5.74) is 4.02. The molecule has 0 saturated heterocycles. The monoisotopic (exact) mass is 434 g/mol. The first-order chi connectivity index (χ1) is 15.0. The molecule has 0 aliphatic carbocycles. The van der Waals surface area contributed by atoms with Crippen LogP contribution in [0.3, 0.4) is 0 Å². The second-order valence-electron chi connectivity index (χ2n) is 7.41. The number of hydrogen-bond donors (Lipinski definition) is 2. The molecule has 0 aliphatic heterocycles. The maximum absolute atomic E-state index is 12.3. The minimum Gasteiger partial charge on any atom is -0.351 e. The molecule has 158 valence electrons. The molecule has 31 heavy (non-hydrogen) atoms. The molecule has 0 aliphatic rings. The Bertz CT molecular complexity index is 1200. The number of aromatic nitrogens is 3. The highest BCUT2D eigenvalue weighted by atomic mass is 35.5. The lowest BCUT2D eigenvalue weighted by molar-refractivity contribution is 0.0951. The molecule has 2 heterocycles. The third kappa shape index (κ3) is 5.02. The van der Waals surface area contributed by atoms with Crippen LogP contribution in [0, 0.1) is 0 Å². The van der Waals surface area contributed by atoms with Gasteiger partial charge in [0.2, 0.25) is 0 Å². The Morgan fingerprint density at radius 3 is 2.68 bits per heavy atom. The number of fused-ring (bicyclic) bond motifs is 1. The Hall–Kier alpha value is -3.42. The van der Waals surface area contributed by atoms with Crippen molar-refractivity contribution in [2.75, 3.05) is 32.5 Å². The first-order valence-corrected chi connectivity index (χ1v) is 10.3. The summed E-state index contributed by atoms with van der Waals surface area (Å²) in [5.74, 6) is 0.604. The molecule has 2 aromatic carbocycles. The number of carbonyl (C=O) groups excluding carboxylic acids is 1. The van der Waals surface area contributed by atoms with Crippen molar-refractivity contribution in [3.05, 3.63) is 77.6 Å². The van der Waals surface area contributed by atoms with Gasteiger partial charge in [0.25, 0.3) is 5.91 Å². The van der Waals surface area contributed by atoms with Crippen molar-refractivity contribution < 1.29 is 4.79 Å². The molecule has 1 amide bonds. The van der Waals surface area contributed by atoms with E-state index in [9.17, 15) is 4.79 Å². The fourth-order valence-corrected chi connectivity index (χ4v) is 3.34. The maximum atomic E-state index is 12.3. The van der Waals surface area contributed by atoms with E-state index in [0.717, 1.165) is 29.0 Å². The smallest absolute Gasteiger partial charge is 0.251 e. The van der Waals surface area contributed by atoms with Gasteiger partial charge in [0.05, 0.1) is 6.20 Å². The standard InChI is InChI=1S/C23H23ClN6O/c1-29(2)13-11-25-23(31)17-8-6-16(7-9-17)20-15-26-30-12-10-21(28-22(20)30)27-19-5-3-4-18(24)14-19/h3-10,12,14-15H,11,13H2,1-2H3,(H,25,31)(H,27,28). The molecule has 7 nitrogen and oxygen atoms in total. The number of anilines is 2. The summed E-state index contributed by atoms with van der Waals surface area (Å²) in [5, 5.41) is 11.2. The van der Waals surface area contributed by atoms with Crippen molar-refractivity contribution in [2.24, 2.45) is 0 Å². The highest BCUT2D eigenvalue weighted by Crippen LogP contribution is 2.26. The van der Waals surface area contributed by atoms with Crippen LogP contribution in [-0.4, -0.2) is 52.6 Å². The van der Waals surface area contributed by atoms with Gasteiger partial charge in [-0.1, -0.05) is 29.8 Å². The summed E-state index contributed by atoms with van der Waals surface area (Å²) in [6, 6.07) is 16.8. The Labute approximate surface area is 185 Å². The highest BCUT2D eigenvalue weighted by Gasteiger charge is 2.11.